The molecule has 1 N–H and O–H groups in total. The number of rotatable bonds is 4. The van der Waals surface area contributed by atoms with Crippen molar-refractivity contribution in [3.63, 3.8) is 0 Å². The van der Waals surface area contributed by atoms with E-state index < -0.39 is 15.6 Å². The van der Waals surface area contributed by atoms with Gasteiger partial charge in [0, 0.05) is 6.42 Å². The van der Waals surface area contributed by atoms with Gasteiger partial charge in [0.25, 0.3) is 0 Å². The van der Waals surface area contributed by atoms with Crippen molar-refractivity contribution in [3.05, 3.63) is 0 Å². The van der Waals surface area contributed by atoms with E-state index in [2.05, 4.69) is 9.88 Å². The van der Waals surface area contributed by atoms with E-state index in [0.717, 1.165) is 5.71 Å². The minimum absolute atomic E-state index is 0.0862. The summed E-state index contributed by atoms with van der Waals surface area (Å²) in [6.07, 6.45) is 0.666. The molecule has 0 aromatic heterocycles. The Morgan fingerprint density at radius 1 is 1.64 bits per heavy atom. The summed E-state index contributed by atoms with van der Waals surface area (Å²) in [5.74, 6) is 0.0862. The molecular formula is C8H16N2O3S. The SMILES string of the molecule is CCS(=O)(=O)NCC1(C)CC(C)=NO1. The van der Waals surface area contributed by atoms with Crippen molar-refractivity contribution in [1.82, 2.24) is 4.72 Å². The molecule has 0 radical (unpaired) electrons. The fourth-order valence-corrected chi connectivity index (χ4v) is 1.98. The van der Waals surface area contributed by atoms with Crippen LogP contribution in [0.4, 0.5) is 0 Å². The fourth-order valence-electron chi connectivity index (χ4n) is 1.25. The highest BCUT2D eigenvalue weighted by Crippen LogP contribution is 2.22. The second-order valence-corrected chi connectivity index (χ2v) is 5.86. The second kappa shape index (κ2) is 3.86. The van der Waals surface area contributed by atoms with Crippen LogP contribution in [0.2, 0.25) is 0 Å². The Bertz CT molecular complexity index is 336. The van der Waals surface area contributed by atoms with Gasteiger partial charge in [-0.05, 0) is 20.8 Å². The van der Waals surface area contributed by atoms with E-state index >= 15 is 0 Å². The van der Waals surface area contributed by atoms with Crippen molar-refractivity contribution in [2.45, 2.75) is 32.8 Å². The minimum Gasteiger partial charge on any atom is -0.388 e. The molecule has 1 heterocycles. The first kappa shape index (κ1) is 11.5. The quantitative estimate of drug-likeness (QED) is 0.749. The topological polar surface area (TPSA) is 67.8 Å². The number of sulfonamides is 1. The van der Waals surface area contributed by atoms with Crippen molar-refractivity contribution < 1.29 is 13.3 Å². The molecule has 1 atom stereocenters. The number of hydrogen-bond acceptors (Lipinski definition) is 4. The highest BCUT2D eigenvalue weighted by molar-refractivity contribution is 7.89. The first-order chi connectivity index (χ1) is 6.37. The van der Waals surface area contributed by atoms with Crippen LogP contribution >= 0.6 is 0 Å². The molecule has 5 nitrogen and oxygen atoms in total. The third-order valence-electron chi connectivity index (χ3n) is 2.10. The lowest BCUT2D eigenvalue weighted by atomic mass is 10.0. The smallest absolute Gasteiger partial charge is 0.211 e. The Kier molecular flexibility index (Phi) is 3.16. The van der Waals surface area contributed by atoms with Crippen LogP contribution in [0, 0.1) is 0 Å². The maximum Gasteiger partial charge on any atom is 0.211 e. The van der Waals surface area contributed by atoms with Gasteiger partial charge in [-0.2, -0.15) is 0 Å². The van der Waals surface area contributed by atoms with Gasteiger partial charge in [-0.1, -0.05) is 5.16 Å². The second-order valence-electron chi connectivity index (χ2n) is 3.77. The Morgan fingerprint density at radius 3 is 2.71 bits per heavy atom. The van der Waals surface area contributed by atoms with Crippen molar-refractivity contribution in [3.8, 4) is 0 Å². The summed E-state index contributed by atoms with van der Waals surface area (Å²) in [7, 11) is -3.14. The van der Waals surface area contributed by atoms with Gasteiger partial charge in [-0.15, -0.1) is 0 Å². The monoisotopic (exact) mass is 220 g/mol. The maximum atomic E-state index is 11.2. The predicted octanol–water partition coefficient (Wildman–Crippen LogP) is 0.481. The molecule has 0 aromatic carbocycles. The van der Waals surface area contributed by atoms with Gasteiger partial charge < -0.3 is 4.84 Å². The molecule has 1 aliphatic heterocycles. The number of hydrogen-bond donors (Lipinski definition) is 1. The lowest BCUT2D eigenvalue weighted by Crippen LogP contribution is -2.41. The minimum atomic E-state index is -3.14. The van der Waals surface area contributed by atoms with Crippen LogP contribution < -0.4 is 4.72 Å². The fraction of sp³-hybridized carbons (Fsp3) is 0.875. The van der Waals surface area contributed by atoms with E-state index in [4.69, 9.17) is 4.84 Å². The first-order valence-electron chi connectivity index (χ1n) is 4.56. The normalized spacial score (nSPS) is 27.2. The van der Waals surface area contributed by atoms with Crippen molar-refractivity contribution in [1.29, 1.82) is 0 Å². The van der Waals surface area contributed by atoms with Crippen LogP contribution in [0.25, 0.3) is 0 Å². The van der Waals surface area contributed by atoms with E-state index in [0.29, 0.717) is 6.42 Å². The summed E-state index contributed by atoms with van der Waals surface area (Å²) in [5, 5.41) is 3.80. The van der Waals surface area contributed by atoms with Gasteiger partial charge in [-0.25, -0.2) is 13.1 Å². The first-order valence-corrected chi connectivity index (χ1v) is 6.21. The molecule has 6 heteroatoms. The third kappa shape index (κ3) is 2.95. The van der Waals surface area contributed by atoms with Gasteiger partial charge >= 0.3 is 0 Å². The highest BCUT2D eigenvalue weighted by Gasteiger charge is 2.33. The molecule has 0 saturated carbocycles. The lowest BCUT2D eigenvalue weighted by molar-refractivity contribution is 0.00147. The largest absolute Gasteiger partial charge is 0.388 e. The molecule has 0 saturated heterocycles. The molecule has 82 valence electrons. The van der Waals surface area contributed by atoms with Crippen LogP contribution in [0.1, 0.15) is 27.2 Å². The predicted molar refractivity (Wildman–Crippen MR) is 54.7 cm³/mol. The van der Waals surface area contributed by atoms with Gasteiger partial charge in [0.2, 0.25) is 10.0 Å². The Balaban J connectivity index is 2.47. The van der Waals surface area contributed by atoms with Gasteiger partial charge in [0.1, 0.15) is 0 Å². The molecular weight excluding hydrogens is 204 g/mol. The number of nitrogens with one attached hydrogen (secondary N) is 1. The molecule has 14 heavy (non-hydrogen) atoms. The summed E-state index contributed by atoms with van der Waals surface area (Å²) >= 11 is 0. The van der Waals surface area contributed by atoms with Crippen LogP contribution in [0.15, 0.2) is 5.16 Å². The Hall–Kier alpha value is -0.620. The molecule has 0 spiro atoms. The van der Waals surface area contributed by atoms with E-state index in [1.807, 2.05) is 13.8 Å². The van der Waals surface area contributed by atoms with Gasteiger partial charge in [-0.3, -0.25) is 0 Å². The summed E-state index contributed by atoms with van der Waals surface area (Å²) in [6, 6.07) is 0. The average molecular weight is 220 g/mol. The van der Waals surface area contributed by atoms with E-state index in [1.54, 1.807) is 6.92 Å². The molecule has 0 aliphatic carbocycles. The number of nitrogens with zero attached hydrogens (tertiary/aromatic N) is 1. The van der Waals surface area contributed by atoms with Gasteiger partial charge in [0.05, 0.1) is 18.0 Å². The summed E-state index contributed by atoms with van der Waals surface area (Å²) in [5.41, 5.74) is 0.370. The molecule has 0 fully saturated rings. The Morgan fingerprint density at radius 2 is 2.29 bits per heavy atom. The molecule has 1 rings (SSSR count). The van der Waals surface area contributed by atoms with E-state index in [1.165, 1.54) is 0 Å². The van der Waals surface area contributed by atoms with Crippen molar-refractivity contribution in [2.24, 2.45) is 5.16 Å². The average Bonchev–Trinajstić information content (AvgIpc) is 2.45. The molecule has 0 bridgehead atoms. The highest BCUT2D eigenvalue weighted by atomic mass is 32.2. The zero-order valence-corrected chi connectivity index (χ0v) is 9.52. The van der Waals surface area contributed by atoms with Crippen LogP contribution in [0.5, 0.6) is 0 Å². The zero-order chi connectivity index (χ0) is 10.8. The van der Waals surface area contributed by atoms with E-state index in [9.17, 15) is 8.42 Å². The Labute approximate surface area is 84.6 Å². The van der Waals surface area contributed by atoms with Crippen LogP contribution in [-0.2, 0) is 14.9 Å². The van der Waals surface area contributed by atoms with E-state index in [-0.39, 0.29) is 12.3 Å². The lowest BCUT2D eigenvalue weighted by Gasteiger charge is -2.21. The van der Waals surface area contributed by atoms with Gasteiger partial charge in [0.15, 0.2) is 5.60 Å². The van der Waals surface area contributed by atoms with Crippen LogP contribution in [0.3, 0.4) is 0 Å². The summed E-state index contributed by atoms with van der Waals surface area (Å²) in [4.78, 5) is 5.15. The van der Waals surface area contributed by atoms with Crippen molar-refractivity contribution in [2.75, 3.05) is 12.3 Å². The number of oxime groups is 1. The van der Waals surface area contributed by atoms with Crippen molar-refractivity contribution >= 4 is 15.7 Å². The standard InChI is InChI=1S/C8H16N2O3S/c1-4-14(11,12)9-6-8(3)5-7(2)10-13-8/h9H,4-6H2,1-3H3. The molecule has 1 unspecified atom stereocenters. The third-order valence-corrected chi connectivity index (χ3v) is 3.44. The summed E-state index contributed by atoms with van der Waals surface area (Å²) in [6.45, 7) is 5.57. The molecule has 0 aromatic rings. The summed E-state index contributed by atoms with van der Waals surface area (Å²) < 4.78 is 24.8. The zero-order valence-electron chi connectivity index (χ0n) is 8.70. The maximum absolute atomic E-state index is 11.2. The van der Waals surface area contributed by atoms with Crippen LogP contribution in [-0.4, -0.2) is 32.0 Å². The molecule has 0 amide bonds. The molecule has 1 aliphatic rings.